The van der Waals surface area contributed by atoms with Crippen molar-refractivity contribution in [1.29, 1.82) is 0 Å². The van der Waals surface area contributed by atoms with Crippen LogP contribution in [0.15, 0.2) is 33.5 Å². The molecule has 3 aliphatic rings. The number of halogens is 2. The quantitative estimate of drug-likeness (QED) is 0.263. The van der Waals surface area contributed by atoms with Gasteiger partial charge in [-0.2, -0.15) is 9.97 Å². The lowest BCUT2D eigenvalue weighted by atomic mass is 9.96. The van der Waals surface area contributed by atoms with E-state index in [0.29, 0.717) is 24.2 Å². The van der Waals surface area contributed by atoms with Crippen molar-refractivity contribution in [3.63, 3.8) is 0 Å². The summed E-state index contributed by atoms with van der Waals surface area (Å²) in [6, 6.07) is 5.63. The number of fused-ring (bicyclic) bond motifs is 2. The van der Waals surface area contributed by atoms with E-state index in [2.05, 4.69) is 46.8 Å². The number of phosphoric acid groups is 1. The molecule has 0 amide bonds. The monoisotopic (exact) mass is 703 g/mol. The number of ether oxygens (including phenoxy) is 4. The first kappa shape index (κ1) is 27.8. The lowest BCUT2D eigenvalue weighted by molar-refractivity contribution is -0.0925. The molecule has 3 aliphatic heterocycles. The van der Waals surface area contributed by atoms with Crippen molar-refractivity contribution >= 4 is 63.0 Å². The van der Waals surface area contributed by atoms with Crippen molar-refractivity contribution in [1.82, 2.24) is 19.5 Å². The highest BCUT2D eigenvalue weighted by Gasteiger charge is 2.64. The van der Waals surface area contributed by atoms with Crippen LogP contribution in [0.5, 0.6) is 5.88 Å². The second-order valence-corrected chi connectivity index (χ2v) is 12.9. The fraction of sp³-hybridized carbons (Fsp3) is 0.478. The zero-order valence-electron chi connectivity index (χ0n) is 21.2. The van der Waals surface area contributed by atoms with Crippen LogP contribution in [0.2, 0.25) is 0 Å². The van der Waals surface area contributed by atoms with Gasteiger partial charge in [-0.25, -0.2) is 14.3 Å². The second-order valence-electron chi connectivity index (χ2n) is 9.41. The summed E-state index contributed by atoms with van der Waals surface area (Å²) in [4.78, 5) is 25.0. The van der Waals surface area contributed by atoms with E-state index >= 15 is 0 Å². The minimum absolute atomic E-state index is 0.0336. The summed E-state index contributed by atoms with van der Waals surface area (Å²) < 4.78 is 56.5. The van der Waals surface area contributed by atoms with Crippen molar-refractivity contribution in [3.8, 4) is 5.88 Å². The van der Waals surface area contributed by atoms with Gasteiger partial charge in [0.05, 0.1) is 32.3 Å². The summed E-state index contributed by atoms with van der Waals surface area (Å²) in [5.41, 5.74) is 6.06. The maximum atomic E-state index is 13.5. The van der Waals surface area contributed by atoms with Gasteiger partial charge in [0.15, 0.2) is 29.1 Å². The van der Waals surface area contributed by atoms with Crippen LogP contribution in [0.25, 0.3) is 11.2 Å². The molecule has 0 saturated carbocycles. The number of nitrogen functional groups attached to an aromatic ring is 1. The Morgan fingerprint density at radius 3 is 2.77 bits per heavy atom. The number of hydrogen-bond donors (Lipinski definition) is 1. The van der Waals surface area contributed by atoms with E-state index in [1.54, 1.807) is 18.4 Å². The van der Waals surface area contributed by atoms with Crippen LogP contribution in [0, 0.1) is 0 Å². The van der Waals surface area contributed by atoms with Gasteiger partial charge in [0.1, 0.15) is 6.10 Å². The van der Waals surface area contributed by atoms with E-state index in [0.717, 1.165) is 14.5 Å². The SMILES string of the molecule is CCOc1nc(N)nc2c1ncn2[C@@H]1O[C@H](CO[P@]2(=O)OCC[C@H](c3cc(Br)cc(Br)c3)O2)[C@H]2OC(=O)O[C@]21C. The Bertz CT molecular complexity index is 1510. The van der Waals surface area contributed by atoms with E-state index < -0.39 is 44.1 Å². The number of nitrogens with zero attached hydrogens (tertiary/aromatic N) is 4. The first-order chi connectivity index (χ1) is 19.1. The van der Waals surface area contributed by atoms with Gasteiger partial charge in [-0.1, -0.05) is 31.9 Å². The summed E-state index contributed by atoms with van der Waals surface area (Å²) in [5.74, 6) is 0.174. The molecule has 0 aliphatic carbocycles. The molecule has 2 aromatic heterocycles. The Kier molecular flexibility index (Phi) is 7.30. The number of benzene rings is 1. The number of aromatic nitrogens is 4. The minimum atomic E-state index is -4.00. The predicted octanol–water partition coefficient (Wildman–Crippen LogP) is 4.83. The Morgan fingerprint density at radius 1 is 1.25 bits per heavy atom. The molecule has 1 aromatic carbocycles. The molecule has 0 bridgehead atoms. The van der Waals surface area contributed by atoms with Crippen LogP contribution in [0.1, 0.15) is 38.2 Å². The molecule has 17 heteroatoms. The lowest BCUT2D eigenvalue weighted by Gasteiger charge is -2.30. The number of rotatable bonds is 7. The van der Waals surface area contributed by atoms with Crippen LogP contribution in [-0.2, 0) is 32.3 Å². The third kappa shape index (κ3) is 4.99. The van der Waals surface area contributed by atoms with Gasteiger partial charge in [-0.3, -0.25) is 18.1 Å². The van der Waals surface area contributed by atoms with Crippen molar-refractivity contribution < 1.29 is 41.9 Å². The number of carbonyl (C=O) groups is 1. The largest absolute Gasteiger partial charge is 0.509 e. The molecular weight excluding hydrogens is 681 g/mol. The molecule has 3 saturated heterocycles. The molecule has 6 rings (SSSR count). The van der Waals surface area contributed by atoms with Gasteiger partial charge in [0.2, 0.25) is 11.8 Å². The van der Waals surface area contributed by atoms with Crippen molar-refractivity contribution in [2.75, 3.05) is 25.6 Å². The number of imidazole rings is 1. The molecule has 0 radical (unpaired) electrons. The van der Waals surface area contributed by atoms with Crippen LogP contribution in [0.3, 0.4) is 0 Å². The first-order valence-corrected chi connectivity index (χ1v) is 15.3. The first-order valence-electron chi connectivity index (χ1n) is 12.3. The van der Waals surface area contributed by atoms with Crippen molar-refractivity contribution in [2.45, 2.75) is 50.4 Å². The summed E-state index contributed by atoms with van der Waals surface area (Å²) in [5, 5.41) is 0. The van der Waals surface area contributed by atoms with E-state index in [9.17, 15) is 9.36 Å². The van der Waals surface area contributed by atoms with Gasteiger partial charge in [-0.15, -0.1) is 0 Å². The maximum absolute atomic E-state index is 13.5. The summed E-state index contributed by atoms with van der Waals surface area (Å²) in [6.07, 6.45) is -2.23. The van der Waals surface area contributed by atoms with Gasteiger partial charge in [0, 0.05) is 15.4 Å². The van der Waals surface area contributed by atoms with E-state index in [1.807, 2.05) is 18.2 Å². The van der Waals surface area contributed by atoms with Gasteiger partial charge in [-0.05, 0) is 37.6 Å². The van der Waals surface area contributed by atoms with Gasteiger partial charge < -0.3 is 24.7 Å². The Labute approximate surface area is 244 Å². The standard InChI is InChI=1S/C23H24Br2N5O9P/c1-3-33-19-16-18(28-21(26)29-19)30(10-27-16)20-23(2)17(37-22(31)38-23)15(36-20)9-35-40(32)34-5-4-14(39-40)11-6-12(24)8-13(25)7-11/h6-8,10,14-15,17,20H,3-5,9H2,1-2H3,(H2,26,28,29)/t14-,15-,17-,20-,23-,40+/m1/s1. The normalized spacial score (nSPS) is 31.6. The molecule has 3 aromatic rings. The molecule has 2 N–H and O–H groups in total. The number of anilines is 1. The molecule has 0 unspecified atom stereocenters. The molecule has 0 spiro atoms. The fourth-order valence-electron chi connectivity index (χ4n) is 5.01. The van der Waals surface area contributed by atoms with Crippen LogP contribution in [-0.4, -0.2) is 63.3 Å². The summed E-state index contributed by atoms with van der Waals surface area (Å²) in [6.45, 7) is 3.67. The van der Waals surface area contributed by atoms with Crippen molar-refractivity contribution in [2.24, 2.45) is 0 Å². The highest BCUT2D eigenvalue weighted by atomic mass is 79.9. The molecule has 214 valence electrons. The average Bonchev–Trinajstić information content (AvgIpc) is 3.51. The zero-order chi connectivity index (χ0) is 28.2. The van der Waals surface area contributed by atoms with Crippen molar-refractivity contribution in [3.05, 3.63) is 39.0 Å². The third-order valence-electron chi connectivity index (χ3n) is 6.70. The van der Waals surface area contributed by atoms with E-state index in [4.69, 9.17) is 38.3 Å². The molecule has 3 fully saturated rings. The smallest absolute Gasteiger partial charge is 0.476 e. The Hall–Kier alpha value is -2.33. The van der Waals surface area contributed by atoms with Gasteiger partial charge >= 0.3 is 14.0 Å². The minimum Gasteiger partial charge on any atom is -0.476 e. The topological polar surface area (TPSA) is 168 Å². The number of hydrogen-bond acceptors (Lipinski definition) is 13. The second kappa shape index (κ2) is 10.5. The number of nitrogens with two attached hydrogens (primary N) is 1. The lowest BCUT2D eigenvalue weighted by Crippen LogP contribution is -2.42. The third-order valence-corrected chi connectivity index (χ3v) is 9.10. The fourth-order valence-corrected chi connectivity index (χ4v) is 7.73. The summed E-state index contributed by atoms with van der Waals surface area (Å²) >= 11 is 6.91. The predicted molar refractivity (Wildman–Crippen MR) is 144 cm³/mol. The zero-order valence-corrected chi connectivity index (χ0v) is 25.3. The number of carbonyl (C=O) groups excluding carboxylic acids is 1. The van der Waals surface area contributed by atoms with Crippen LogP contribution < -0.4 is 10.5 Å². The summed E-state index contributed by atoms with van der Waals surface area (Å²) in [7, 11) is -4.00. The van der Waals surface area contributed by atoms with E-state index in [1.165, 1.54) is 6.33 Å². The highest BCUT2D eigenvalue weighted by molar-refractivity contribution is 9.11. The maximum Gasteiger partial charge on any atom is 0.509 e. The average molecular weight is 705 g/mol. The van der Waals surface area contributed by atoms with Gasteiger partial charge in [0.25, 0.3) is 0 Å². The Balaban J connectivity index is 1.24. The molecule has 5 heterocycles. The Morgan fingerprint density at radius 2 is 2.02 bits per heavy atom. The highest BCUT2D eigenvalue weighted by Crippen LogP contribution is 2.58. The van der Waals surface area contributed by atoms with E-state index in [-0.39, 0.29) is 25.0 Å². The van der Waals surface area contributed by atoms with Crippen LogP contribution >= 0.6 is 39.7 Å². The molecule has 14 nitrogen and oxygen atoms in total. The molecular formula is C23H24Br2N5O9P. The molecule has 40 heavy (non-hydrogen) atoms. The molecule has 6 atom stereocenters. The number of phosphoric ester groups is 1. The van der Waals surface area contributed by atoms with Crippen LogP contribution in [0.4, 0.5) is 10.7 Å².